The minimum Gasteiger partial charge on any atom is -0.615 e. The monoisotopic (exact) mass is 668 g/mol. The quantitative estimate of drug-likeness (QED) is 0.172. The van der Waals surface area contributed by atoms with Crippen LogP contribution in [0.15, 0.2) is 65.7 Å². The maximum Gasteiger partial charge on any atom is 0.324 e. The molecule has 5 rings (SSSR count). The minimum atomic E-state index is -1.87. The molecule has 2 aromatic carbocycles. The number of hydrogen-bond acceptors (Lipinski definition) is 7. The number of carboxylic acid groups (broad SMARTS) is 1. The standard InChI is InChI=1S/C28H23Cl3N2O7S2/c1-3-22(40-21-12-17(30)7-9-20(21)39-19-8-6-16(29)11-18(19)31)28(27(36)37)13-32-25(35)24(26(32)42(38)14-28)33(15(2)34)23-5-4-10-41-23/h3-12,24,26H,13-14H2,1-2H3,(H,36,37)/t24?,26-,28?,42?/m1/s1. The molecule has 0 bridgehead atoms. The number of hydrogen-bond donors (Lipinski definition) is 1. The Bertz CT molecular complexity index is 1590. The van der Waals surface area contributed by atoms with Crippen LogP contribution in [0.5, 0.6) is 17.2 Å². The Balaban J connectivity index is 1.45. The first-order valence-electron chi connectivity index (χ1n) is 12.5. The number of halogens is 3. The van der Waals surface area contributed by atoms with Crippen LogP contribution < -0.4 is 14.4 Å². The lowest BCUT2D eigenvalue weighted by Crippen LogP contribution is -2.79. The Kier molecular flexibility index (Phi) is 8.71. The van der Waals surface area contributed by atoms with Gasteiger partial charge in [-0.25, -0.2) is 0 Å². The molecular weight excluding hydrogens is 647 g/mol. The molecule has 0 radical (unpaired) electrons. The van der Waals surface area contributed by atoms with Gasteiger partial charge in [0.15, 0.2) is 23.0 Å². The molecule has 1 aromatic heterocycles. The molecule has 3 unspecified atom stereocenters. The number of allylic oxidation sites excluding steroid dienone is 1. The fraction of sp³-hybridized carbons (Fsp3) is 0.250. The van der Waals surface area contributed by atoms with E-state index in [-0.39, 0.29) is 51.3 Å². The minimum absolute atomic E-state index is 0.0611. The molecule has 2 aliphatic heterocycles. The summed E-state index contributed by atoms with van der Waals surface area (Å²) in [6.45, 7) is 2.59. The van der Waals surface area contributed by atoms with E-state index in [1.807, 2.05) is 0 Å². The Morgan fingerprint density at radius 1 is 1.14 bits per heavy atom. The average molecular weight is 670 g/mol. The third-order valence-corrected chi connectivity index (χ3v) is 10.4. The zero-order valence-electron chi connectivity index (χ0n) is 22.1. The highest BCUT2D eigenvalue weighted by Crippen LogP contribution is 2.47. The molecule has 2 amide bonds. The van der Waals surface area contributed by atoms with E-state index >= 15 is 0 Å². The highest BCUT2D eigenvalue weighted by atomic mass is 35.5. The number of ether oxygens (including phenoxy) is 2. The smallest absolute Gasteiger partial charge is 0.324 e. The predicted octanol–water partition coefficient (Wildman–Crippen LogP) is 6.21. The number of carbonyl (C=O) groups excluding carboxylic acids is 2. The van der Waals surface area contributed by atoms with Gasteiger partial charge in [-0.2, -0.15) is 0 Å². The van der Waals surface area contributed by atoms with E-state index in [1.54, 1.807) is 42.6 Å². The first kappa shape index (κ1) is 30.5. The molecule has 4 atom stereocenters. The molecule has 2 aliphatic rings. The number of thiophene rings is 1. The Morgan fingerprint density at radius 2 is 1.83 bits per heavy atom. The van der Waals surface area contributed by atoms with Crippen molar-refractivity contribution in [2.24, 2.45) is 5.41 Å². The van der Waals surface area contributed by atoms with Gasteiger partial charge in [-0.1, -0.05) is 34.8 Å². The number of rotatable bonds is 8. The van der Waals surface area contributed by atoms with Gasteiger partial charge in [0.1, 0.15) is 17.3 Å². The number of aliphatic carboxylic acids is 1. The van der Waals surface area contributed by atoms with Crippen LogP contribution in [-0.4, -0.2) is 56.1 Å². The predicted molar refractivity (Wildman–Crippen MR) is 162 cm³/mol. The molecule has 14 heteroatoms. The molecular formula is C28H23Cl3N2O7S2. The van der Waals surface area contributed by atoms with Gasteiger partial charge in [0.2, 0.25) is 11.3 Å². The second kappa shape index (κ2) is 12.0. The van der Waals surface area contributed by atoms with E-state index in [2.05, 4.69) is 0 Å². The molecule has 42 heavy (non-hydrogen) atoms. The first-order chi connectivity index (χ1) is 20.0. The van der Waals surface area contributed by atoms with Crippen LogP contribution in [0.3, 0.4) is 0 Å². The summed E-state index contributed by atoms with van der Waals surface area (Å²) in [4.78, 5) is 41.4. The lowest BCUT2D eigenvalue weighted by Gasteiger charge is -2.55. The average Bonchev–Trinajstić information content (AvgIpc) is 3.46. The van der Waals surface area contributed by atoms with Gasteiger partial charge in [-0.05, 0) is 72.0 Å². The Morgan fingerprint density at radius 3 is 2.43 bits per heavy atom. The van der Waals surface area contributed by atoms with Crippen molar-refractivity contribution in [3.63, 3.8) is 0 Å². The molecule has 2 fully saturated rings. The summed E-state index contributed by atoms with van der Waals surface area (Å²) in [5.41, 5.74) is -1.86. The summed E-state index contributed by atoms with van der Waals surface area (Å²) in [6, 6.07) is 11.6. The molecule has 0 spiro atoms. The highest BCUT2D eigenvalue weighted by Gasteiger charge is 2.67. The van der Waals surface area contributed by atoms with E-state index in [4.69, 9.17) is 44.3 Å². The second-order valence-corrected chi connectivity index (χ2v) is 13.3. The second-order valence-electron chi connectivity index (χ2n) is 9.58. The maximum atomic E-state index is 13.7. The fourth-order valence-corrected chi connectivity index (χ4v) is 8.43. The van der Waals surface area contributed by atoms with Gasteiger partial charge in [0.05, 0.1) is 16.6 Å². The molecule has 3 aromatic rings. The molecule has 2 saturated heterocycles. The van der Waals surface area contributed by atoms with Crippen molar-refractivity contribution < 1.29 is 33.5 Å². The number of β-lactam (4-membered cyclic amide) rings is 1. The third-order valence-electron chi connectivity index (χ3n) is 6.96. The van der Waals surface area contributed by atoms with Gasteiger partial charge >= 0.3 is 5.97 Å². The van der Waals surface area contributed by atoms with Crippen LogP contribution in [0.2, 0.25) is 15.1 Å². The SMILES string of the molecule is CC=C(Oc1cc(Cl)ccc1Oc1ccc(Cl)cc1Cl)C1(C(=O)O)CN2C(=O)C(N(C(C)=O)c3cccs3)[C@H]2[S+]([O-])C1. The van der Waals surface area contributed by atoms with Gasteiger partial charge in [-0.3, -0.25) is 24.2 Å². The number of carbonyl (C=O) groups is 3. The number of fused-ring (bicyclic) bond motifs is 1. The third kappa shape index (κ3) is 5.45. The van der Waals surface area contributed by atoms with Crippen LogP contribution in [0.4, 0.5) is 5.00 Å². The van der Waals surface area contributed by atoms with Crippen molar-refractivity contribution in [1.29, 1.82) is 0 Å². The number of anilines is 1. The van der Waals surface area contributed by atoms with Crippen molar-refractivity contribution in [1.82, 2.24) is 4.90 Å². The molecule has 0 saturated carbocycles. The van der Waals surface area contributed by atoms with E-state index in [9.17, 15) is 24.0 Å². The van der Waals surface area contributed by atoms with Crippen molar-refractivity contribution in [3.05, 3.63) is 80.8 Å². The molecule has 1 N–H and O–H groups in total. The van der Waals surface area contributed by atoms with Crippen LogP contribution in [0.1, 0.15) is 13.8 Å². The van der Waals surface area contributed by atoms with Crippen LogP contribution in [-0.2, 0) is 25.6 Å². The zero-order chi connectivity index (χ0) is 30.3. The van der Waals surface area contributed by atoms with Crippen molar-refractivity contribution in [3.8, 4) is 17.2 Å². The van der Waals surface area contributed by atoms with Gasteiger partial charge in [0.25, 0.3) is 5.91 Å². The van der Waals surface area contributed by atoms with Crippen LogP contribution in [0.25, 0.3) is 0 Å². The largest absolute Gasteiger partial charge is 0.615 e. The van der Waals surface area contributed by atoms with Gasteiger partial charge in [0, 0.05) is 23.0 Å². The summed E-state index contributed by atoms with van der Waals surface area (Å²) in [6.07, 6.45) is 1.45. The van der Waals surface area contributed by atoms with Crippen molar-refractivity contribution in [2.75, 3.05) is 17.2 Å². The lowest BCUT2D eigenvalue weighted by molar-refractivity contribution is -0.157. The van der Waals surface area contributed by atoms with Crippen molar-refractivity contribution >= 4 is 80.1 Å². The fourth-order valence-electron chi connectivity index (χ4n) is 5.01. The summed E-state index contributed by atoms with van der Waals surface area (Å²) >= 11 is 17.9. The van der Waals surface area contributed by atoms with E-state index in [0.29, 0.717) is 10.0 Å². The topological polar surface area (TPSA) is 119 Å². The summed E-state index contributed by atoms with van der Waals surface area (Å²) in [5.74, 6) is -2.11. The molecule has 0 aliphatic carbocycles. The molecule has 9 nitrogen and oxygen atoms in total. The first-order valence-corrected chi connectivity index (χ1v) is 15.9. The maximum absolute atomic E-state index is 13.7. The Labute approximate surface area is 263 Å². The summed E-state index contributed by atoms with van der Waals surface area (Å²) in [5, 5.41) is 12.9. The normalized spacial score (nSPS) is 23.6. The van der Waals surface area contributed by atoms with E-state index in [0.717, 1.165) is 0 Å². The highest BCUT2D eigenvalue weighted by molar-refractivity contribution is 7.92. The number of carboxylic acids is 1. The van der Waals surface area contributed by atoms with E-state index in [1.165, 1.54) is 52.3 Å². The van der Waals surface area contributed by atoms with Crippen LogP contribution in [0, 0.1) is 5.41 Å². The van der Waals surface area contributed by atoms with Gasteiger partial charge in [-0.15, -0.1) is 11.3 Å². The number of benzene rings is 2. The van der Waals surface area contributed by atoms with E-state index < -0.39 is 39.9 Å². The number of amides is 2. The zero-order valence-corrected chi connectivity index (χ0v) is 26.0. The summed E-state index contributed by atoms with van der Waals surface area (Å²) < 4.78 is 25.8. The van der Waals surface area contributed by atoms with Crippen molar-refractivity contribution in [2.45, 2.75) is 25.3 Å². The number of nitrogens with zero attached hydrogens (tertiary/aromatic N) is 2. The Hall–Kier alpha value is -2.93. The lowest BCUT2D eigenvalue weighted by atomic mass is 9.84. The summed E-state index contributed by atoms with van der Waals surface area (Å²) in [7, 11) is 0. The van der Waals surface area contributed by atoms with Gasteiger partial charge < -0.3 is 19.1 Å². The van der Waals surface area contributed by atoms with Crippen LogP contribution >= 0.6 is 46.1 Å². The molecule has 220 valence electrons. The molecule has 3 heterocycles.